The van der Waals surface area contributed by atoms with Gasteiger partial charge in [-0.15, -0.1) is 12.4 Å². The molecule has 0 aromatic carbocycles. The molecule has 1 aliphatic rings. The van der Waals surface area contributed by atoms with E-state index in [1.807, 2.05) is 37.5 Å². The summed E-state index contributed by atoms with van der Waals surface area (Å²) in [6.45, 7) is 11.8. The third kappa shape index (κ3) is 4.66. The number of rotatable bonds is 6. The van der Waals surface area contributed by atoms with E-state index in [9.17, 15) is 4.79 Å². The number of hydrogen-bond acceptors (Lipinski definition) is 5. The van der Waals surface area contributed by atoms with Gasteiger partial charge in [0, 0.05) is 50.2 Å². The Morgan fingerprint density at radius 2 is 2.00 bits per heavy atom. The highest BCUT2D eigenvalue weighted by molar-refractivity contribution is 5.95. The third-order valence-electron chi connectivity index (χ3n) is 4.67. The summed E-state index contributed by atoms with van der Waals surface area (Å²) in [7, 11) is 0. The number of halogens is 1. The molecule has 0 saturated carbocycles. The Bertz CT molecular complexity index is 734. The molecular weight excluding hydrogens is 354 g/mol. The first kappa shape index (κ1) is 20.5. The van der Waals surface area contributed by atoms with E-state index in [2.05, 4.69) is 20.7 Å². The van der Waals surface area contributed by atoms with Crippen LogP contribution in [0.3, 0.4) is 0 Å². The van der Waals surface area contributed by atoms with Crippen molar-refractivity contribution in [3.05, 3.63) is 34.8 Å². The molecule has 2 N–H and O–H groups in total. The van der Waals surface area contributed by atoms with Gasteiger partial charge < -0.3 is 20.1 Å². The number of hydrogen-bond donors (Lipinski definition) is 2. The number of nitrogens with one attached hydrogen (secondary N) is 2. The summed E-state index contributed by atoms with van der Waals surface area (Å²) in [5.41, 5.74) is 2.54. The smallest absolute Gasteiger partial charge is 0.253 e. The van der Waals surface area contributed by atoms with Gasteiger partial charge in [-0.1, -0.05) is 5.16 Å². The quantitative estimate of drug-likeness (QED) is 0.747. The lowest BCUT2D eigenvalue weighted by Crippen LogP contribution is -2.44. The van der Waals surface area contributed by atoms with Crippen LogP contribution in [0.2, 0.25) is 0 Å². The number of nitrogens with zero attached hydrogens (tertiary/aromatic N) is 3. The van der Waals surface area contributed by atoms with Gasteiger partial charge in [0.05, 0.1) is 5.56 Å². The van der Waals surface area contributed by atoms with Gasteiger partial charge in [-0.05, 0) is 39.8 Å². The highest BCUT2D eigenvalue weighted by Crippen LogP contribution is 2.20. The summed E-state index contributed by atoms with van der Waals surface area (Å²) in [6, 6.07) is 3.78. The van der Waals surface area contributed by atoms with Crippen molar-refractivity contribution >= 4 is 18.3 Å². The molecule has 3 heterocycles. The van der Waals surface area contributed by atoms with Crippen LogP contribution in [0.1, 0.15) is 33.9 Å². The molecule has 1 fully saturated rings. The predicted molar refractivity (Wildman–Crippen MR) is 104 cm³/mol. The molecule has 7 nitrogen and oxygen atoms in total. The maximum atomic E-state index is 12.5. The fourth-order valence-corrected chi connectivity index (χ4v) is 3.34. The molecule has 2 aromatic rings. The Morgan fingerprint density at radius 1 is 1.27 bits per heavy atom. The van der Waals surface area contributed by atoms with Crippen molar-refractivity contribution in [2.45, 2.75) is 27.2 Å². The Labute approximate surface area is 160 Å². The second-order valence-electron chi connectivity index (χ2n) is 6.62. The van der Waals surface area contributed by atoms with Crippen molar-refractivity contribution in [2.75, 3.05) is 39.3 Å². The molecule has 0 atom stereocenters. The van der Waals surface area contributed by atoms with Crippen LogP contribution in [-0.2, 0) is 0 Å². The average Bonchev–Trinajstić information content (AvgIpc) is 3.15. The monoisotopic (exact) mass is 381 g/mol. The van der Waals surface area contributed by atoms with Crippen LogP contribution < -0.4 is 10.6 Å². The summed E-state index contributed by atoms with van der Waals surface area (Å²) in [5, 5.41) is 10.4. The molecule has 26 heavy (non-hydrogen) atoms. The second kappa shape index (κ2) is 9.21. The minimum Gasteiger partial charge on any atom is -0.360 e. The van der Waals surface area contributed by atoms with E-state index >= 15 is 0 Å². The average molecular weight is 382 g/mol. The van der Waals surface area contributed by atoms with Gasteiger partial charge in [0.1, 0.15) is 5.76 Å². The minimum absolute atomic E-state index is 0. The van der Waals surface area contributed by atoms with Gasteiger partial charge in [0.15, 0.2) is 5.82 Å². The van der Waals surface area contributed by atoms with E-state index in [-0.39, 0.29) is 18.3 Å². The van der Waals surface area contributed by atoms with E-state index in [0.29, 0.717) is 17.9 Å². The summed E-state index contributed by atoms with van der Waals surface area (Å²) < 4.78 is 7.11. The van der Waals surface area contributed by atoms with E-state index in [1.54, 1.807) is 0 Å². The number of carbonyl (C=O) groups excluding carboxylic acids is 1. The zero-order valence-corrected chi connectivity index (χ0v) is 16.5. The Kier molecular flexibility index (Phi) is 7.25. The molecule has 1 amide bonds. The Balaban J connectivity index is 0.00000243. The van der Waals surface area contributed by atoms with E-state index in [1.165, 1.54) is 0 Å². The first-order chi connectivity index (χ1) is 12.1. The standard InChI is InChI=1S/C18H27N5O2.ClH/c1-13-11-16(15(3)23(13)17-12-14(2)25-21-17)18(24)20-5-4-8-22-9-6-19-7-10-22;/h11-12,19H,4-10H2,1-3H3,(H,20,24);1H. The van der Waals surface area contributed by atoms with Gasteiger partial charge in [0.25, 0.3) is 5.91 Å². The lowest BCUT2D eigenvalue weighted by molar-refractivity contribution is 0.0950. The first-order valence-corrected chi connectivity index (χ1v) is 8.90. The molecule has 8 heteroatoms. The molecular formula is C18H28ClN5O2. The van der Waals surface area contributed by atoms with Crippen molar-refractivity contribution in [1.82, 2.24) is 25.3 Å². The SMILES string of the molecule is Cc1cc(-n2c(C)cc(C(=O)NCCCN3CCNCC3)c2C)no1.Cl. The lowest BCUT2D eigenvalue weighted by Gasteiger charge is -2.27. The molecule has 1 aliphatic heterocycles. The van der Waals surface area contributed by atoms with E-state index in [4.69, 9.17) is 4.52 Å². The van der Waals surface area contributed by atoms with Crippen molar-refractivity contribution in [1.29, 1.82) is 0 Å². The molecule has 0 unspecified atom stereocenters. The van der Waals surface area contributed by atoms with E-state index < -0.39 is 0 Å². The molecule has 3 rings (SSSR count). The van der Waals surface area contributed by atoms with Gasteiger partial charge in [-0.25, -0.2) is 0 Å². The minimum atomic E-state index is -0.0279. The summed E-state index contributed by atoms with van der Waals surface area (Å²) >= 11 is 0. The zero-order chi connectivity index (χ0) is 17.8. The van der Waals surface area contributed by atoms with Crippen LogP contribution in [0.4, 0.5) is 0 Å². The van der Waals surface area contributed by atoms with Gasteiger partial charge >= 0.3 is 0 Å². The summed E-state index contributed by atoms with van der Waals surface area (Å²) in [5.74, 6) is 1.44. The largest absolute Gasteiger partial charge is 0.360 e. The zero-order valence-electron chi connectivity index (χ0n) is 15.7. The number of aryl methyl sites for hydroxylation is 2. The maximum absolute atomic E-state index is 12.5. The third-order valence-corrected chi connectivity index (χ3v) is 4.67. The normalized spacial score (nSPS) is 14.9. The van der Waals surface area contributed by atoms with Crippen LogP contribution >= 0.6 is 12.4 Å². The van der Waals surface area contributed by atoms with E-state index in [0.717, 1.165) is 56.3 Å². The number of aromatic nitrogens is 2. The highest BCUT2D eigenvalue weighted by atomic mass is 35.5. The number of piperazine rings is 1. The molecule has 0 aliphatic carbocycles. The molecule has 0 bridgehead atoms. The van der Waals surface area contributed by atoms with Crippen molar-refractivity contribution in [3.8, 4) is 5.82 Å². The van der Waals surface area contributed by atoms with Gasteiger partial charge in [0.2, 0.25) is 0 Å². The van der Waals surface area contributed by atoms with Crippen LogP contribution in [0.15, 0.2) is 16.7 Å². The van der Waals surface area contributed by atoms with Crippen molar-refractivity contribution < 1.29 is 9.32 Å². The fourth-order valence-electron chi connectivity index (χ4n) is 3.34. The Hall–Kier alpha value is -1.83. The molecule has 144 valence electrons. The van der Waals surface area contributed by atoms with Crippen LogP contribution in [-0.4, -0.2) is 59.8 Å². The number of carbonyl (C=O) groups is 1. The van der Waals surface area contributed by atoms with Crippen molar-refractivity contribution in [2.24, 2.45) is 0 Å². The number of amides is 1. The molecule has 2 aromatic heterocycles. The predicted octanol–water partition coefficient (Wildman–Crippen LogP) is 1.84. The molecule has 0 radical (unpaired) electrons. The summed E-state index contributed by atoms with van der Waals surface area (Å²) in [4.78, 5) is 15.0. The lowest BCUT2D eigenvalue weighted by atomic mass is 10.2. The van der Waals surface area contributed by atoms with Crippen LogP contribution in [0, 0.1) is 20.8 Å². The van der Waals surface area contributed by atoms with Crippen LogP contribution in [0.25, 0.3) is 5.82 Å². The molecule has 0 spiro atoms. The fraction of sp³-hybridized carbons (Fsp3) is 0.556. The topological polar surface area (TPSA) is 75.3 Å². The summed E-state index contributed by atoms with van der Waals surface area (Å²) in [6.07, 6.45) is 0.965. The van der Waals surface area contributed by atoms with Crippen molar-refractivity contribution in [3.63, 3.8) is 0 Å². The molecule has 1 saturated heterocycles. The van der Waals surface area contributed by atoms with Crippen LogP contribution in [0.5, 0.6) is 0 Å². The highest BCUT2D eigenvalue weighted by Gasteiger charge is 2.18. The Morgan fingerprint density at radius 3 is 2.65 bits per heavy atom. The second-order valence-corrected chi connectivity index (χ2v) is 6.62. The van der Waals surface area contributed by atoms with Gasteiger partial charge in [-0.3, -0.25) is 9.36 Å². The van der Waals surface area contributed by atoms with Gasteiger partial charge in [-0.2, -0.15) is 0 Å². The maximum Gasteiger partial charge on any atom is 0.253 e. The first-order valence-electron chi connectivity index (χ1n) is 8.90.